The van der Waals surface area contributed by atoms with E-state index in [4.69, 9.17) is 17.3 Å². The molecule has 0 atom stereocenters. The number of nitrogen functional groups attached to an aromatic ring is 1. The zero-order valence-electron chi connectivity index (χ0n) is 10.4. The molecule has 1 aliphatic rings. The summed E-state index contributed by atoms with van der Waals surface area (Å²) in [5.41, 5.74) is 7.57. The molecule has 2 aromatic carbocycles. The summed E-state index contributed by atoms with van der Waals surface area (Å²) in [5, 5.41) is 0.440. The van der Waals surface area contributed by atoms with Crippen LogP contribution in [0.15, 0.2) is 48.5 Å². The first kappa shape index (κ1) is 12.2. The highest BCUT2D eigenvalue weighted by atomic mass is 35.5. The molecule has 0 saturated heterocycles. The highest BCUT2D eigenvalue weighted by molar-refractivity contribution is 6.33. The molecule has 19 heavy (non-hydrogen) atoms. The molecule has 2 nitrogen and oxygen atoms in total. The molecule has 0 aliphatic heterocycles. The van der Waals surface area contributed by atoms with Crippen LogP contribution in [0, 0.1) is 0 Å². The normalized spacial score (nSPS) is 16.1. The number of carbonyl (C=O) groups is 1. The minimum absolute atomic E-state index is 0.139. The molecule has 0 heterocycles. The third-order valence-corrected chi connectivity index (χ3v) is 4.10. The third-order valence-electron chi connectivity index (χ3n) is 3.77. The SMILES string of the molecule is Nc1ccc(C(=O)C2(c3ccccc3)CC2)cc1Cl. The Morgan fingerprint density at radius 2 is 1.79 bits per heavy atom. The topological polar surface area (TPSA) is 43.1 Å². The van der Waals surface area contributed by atoms with Crippen molar-refractivity contribution in [3.63, 3.8) is 0 Å². The van der Waals surface area contributed by atoms with E-state index in [2.05, 4.69) is 0 Å². The fourth-order valence-corrected chi connectivity index (χ4v) is 2.65. The molecule has 2 N–H and O–H groups in total. The van der Waals surface area contributed by atoms with E-state index in [9.17, 15) is 4.79 Å². The van der Waals surface area contributed by atoms with Crippen molar-refractivity contribution in [3.05, 3.63) is 64.7 Å². The molecule has 0 radical (unpaired) electrons. The second kappa shape index (κ2) is 4.39. The summed E-state index contributed by atoms with van der Waals surface area (Å²) < 4.78 is 0. The van der Waals surface area contributed by atoms with E-state index in [0.717, 1.165) is 18.4 Å². The number of nitrogens with two attached hydrogens (primary N) is 1. The van der Waals surface area contributed by atoms with Gasteiger partial charge in [0.2, 0.25) is 0 Å². The van der Waals surface area contributed by atoms with Crippen LogP contribution in [0.1, 0.15) is 28.8 Å². The van der Waals surface area contributed by atoms with E-state index >= 15 is 0 Å². The van der Waals surface area contributed by atoms with Crippen LogP contribution >= 0.6 is 11.6 Å². The predicted octanol–water partition coefficient (Wildman–Crippen LogP) is 3.84. The monoisotopic (exact) mass is 271 g/mol. The van der Waals surface area contributed by atoms with Crippen LogP contribution in [0.5, 0.6) is 0 Å². The number of hydrogen-bond donors (Lipinski definition) is 1. The van der Waals surface area contributed by atoms with Gasteiger partial charge in [0, 0.05) is 5.56 Å². The maximum Gasteiger partial charge on any atom is 0.173 e. The zero-order chi connectivity index (χ0) is 13.5. The number of benzene rings is 2. The summed E-state index contributed by atoms with van der Waals surface area (Å²) in [5.74, 6) is 0.139. The summed E-state index contributed by atoms with van der Waals surface area (Å²) in [4.78, 5) is 12.7. The summed E-state index contributed by atoms with van der Waals surface area (Å²) >= 11 is 6.00. The van der Waals surface area contributed by atoms with Crippen molar-refractivity contribution in [2.24, 2.45) is 0 Å². The number of hydrogen-bond acceptors (Lipinski definition) is 2. The van der Waals surface area contributed by atoms with Gasteiger partial charge in [0.05, 0.1) is 16.1 Å². The van der Waals surface area contributed by atoms with Crippen molar-refractivity contribution in [1.82, 2.24) is 0 Å². The summed E-state index contributed by atoms with van der Waals surface area (Å²) in [7, 11) is 0. The minimum Gasteiger partial charge on any atom is -0.398 e. The highest BCUT2D eigenvalue weighted by Crippen LogP contribution is 2.50. The van der Waals surface area contributed by atoms with Crippen LogP contribution in [0.4, 0.5) is 5.69 Å². The molecule has 0 unspecified atom stereocenters. The van der Waals surface area contributed by atoms with Crippen LogP contribution in [0.2, 0.25) is 5.02 Å². The molecule has 1 fully saturated rings. The van der Waals surface area contributed by atoms with Crippen molar-refractivity contribution in [2.45, 2.75) is 18.3 Å². The van der Waals surface area contributed by atoms with Gasteiger partial charge in [0.25, 0.3) is 0 Å². The Bertz CT molecular complexity index is 632. The summed E-state index contributed by atoms with van der Waals surface area (Å²) in [6.07, 6.45) is 1.80. The quantitative estimate of drug-likeness (QED) is 0.681. The Morgan fingerprint density at radius 1 is 1.11 bits per heavy atom. The highest BCUT2D eigenvalue weighted by Gasteiger charge is 2.51. The lowest BCUT2D eigenvalue weighted by atomic mass is 9.87. The molecule has 1 aliphatic carbocycles. The smallest absolute Gasteiger partial charge is 0.173 e. The summed E-state index contributed by atoms with van der Waals surface area (Å²) in [6.45, 7) is 0. The first-order valence-electron chi connectivity index (χ1n) is 6.29. The maximum absolute atomic E-state index is 12.7. The van der Waals surface area contributed by atoms with Crippen molar-refractivity contribution in [2.75, 3.05) is 5.73 Å². The van der Waals surface area contributed by atoms with Gasteiger partial charge in [-0.15, -0.1) is 0 Å². The Balaban J connectivity index is 1.98. The largest absolute Gasteiger partial charge is 0.398 e. The summed E-state index contributed by atoms with van der Waals surface area (Å²) in [6, 6.07) is 15.1. The fraction of sp³-hybridized carbons (Fsp3) is 0.188. The van der Waals surface area contributed by atoms with Crippen molar-refractivity contribution < 1.29 is 4.79 Å². The van der Waals surface area contributed by atoms with Crippen molar-refractivity contribution in [3.8, 4) is 0 Å². The van der Waals surface area contributed by atoms with Crippen molar-refractivity contribution in [1.29, 1.82) is 0 Å². The molecule has 0 bridgehead atoms. The molecule has 1 saturated carbocycles. The van der Waals surface area contributed by atoms with Crippen LogP contribution < -0.4 is 5.73 Å². The van der Waals surface area contributed by atoms with Gasteiger partial charge in [-0.1, -0.05) is 41.9 Å². The van der Waals surface area contributed by atoms with Crippen LogP contribution in [-0.4, -0.2) is 5.78 Å². The fourth-order valence-electron chi connectivity index (χ4n) is 2.47. The Morgan fingerprint density at radius 3 is 2.37 bits per heavy atom. The predicted molar refractivity (Wildman–Crippen MR) is 77.5 cm³/mol. The van der Waals surface area contributed by atoms with Gasteiger partial charge in [-0.3, -0.25) is 4.79 Å². The van der Waals surface area contributed by atoms with Gasteiger partial charge in [0.15, 0.2) is 5.78 Å². The third kappa shape index (κ3) is 2.02. The number of carbonyl (C=O) groups excluding carboxylic acids is 1. The first-order chi connectivity index (χ1) is 9.13. The number of rotatable bonds is 3. The van der Waals surface area contributed by atoms with Gasteiger partial charge in [-0.25, -0.2) is 0 Å². The second-order valence-corrected chi connectivity index (χ2v) is 5.42. The van der Waals surface area contributed by atoms with Crippen LogP contribution in [-0.2, 0) is 5.41 Å². The Labute approximate surface area is 117 Å². The average molecular weight is 272 g/mol. The van der Waals surface area contributed by atoms with Crippen LogP contribution in [0.25, 0.3) is 0 Å². The van der Waals surface area contributed by atoms with Gasteiger partial charge in [-0.05, 0) is 36.6 Å². The molecule has 3 rings (SSSR count). The van der Waals surface area contributed by atoms with E-state index in [1.165, 1.54) is 0 Å². The van der Waals surface area contributed by atoms with E-state index in [0.29, 0.717) is 16.3 Å². The Kier molecular flexibility index (Phi) is 2.83. The van der Waals surface area contributed by atoms with Gasteiger partial charge in [-0.2, -0.15) is 0 Å². The van der Waals surface area contributed by atoms with E-state index in [1.807, 2.05) is 30.3 Å². The number of ketones is 1. The first-order valence-corrected chi connectivity index (χ1v) is 6.67. The molecule has 3 heteroatoms. The van der Waals surface area contributed by atoms with Gasteiger partial charge in [0.1, 0.15) is 0 Å². The number of halogens is 1. The molecular weight excluding hydrogens is 258 g/mol. The second-order valence-electron chi connectivity index (χ2n) is 5.01. The molecule has 0 aromatic heterocycles. The standard InChI is InChI=1S/C16H14ClNO/c17-13-10-11(6-7-14(13)18)15(19)16(8-9-16)12-4-2-1-3-5-12/h1-7,10H,8-9,18H2. The number of Topliss-reactive ketones (excluding diaryl/α,β-unsaturated/α-hetero) is 1. The molecular formula is C16H14ClNO. The van der Waals surface area contributed by atoms with E-state index in [-0.39, 0.29) is 11.2 Å². The molecule has 0 amide bonds. The molecule has 96 valence electrons. The number of anilines is 1. The molecule has 2 aromatic rings. The van der Waals surface area contributed by atoms with Crippen LogP contribution in [0.3, 0.4) is 0 Å². The van der Waals surface area contributed by atoms with Gasteiger partial charge >= 0.3 is 0 Å². The minimum atomic E-state index is -0.347. The van der Waals surface area contributed by atoms with Crippen molar-refractivity contribution >= 4 is 23.1 Å². The zero-order valence-corrected chi connectivity index (χ0v) is 11.2. The van der Waals surface area contributed by atoms with E-state index in [1.54, 1.807) is 18.2 Å². The lowest BCUT2D eigenvalue weighted by molar-refractivity contribution is 0.0946. The Hall–Kier alpha value is -1.80. The molecule has 0 spiro atoms. The lowest BCUT2D eigenvalue weighted by Crippen LogP contribution is -2.20. The van der Waals surface area contributed by atoms with Gasteiger partial charge < -0.3 is 5.73 Å². The average Bonchev–Trinajstić information content (AvgIpc) is 3.24. The van der Waals surface area contributed by atoms with E-state index < -0.39 is 0 Å². The lowest BCUT2D eigenvalue weighted by Gasteiger charge is -2.15. The maximum atomic E-state index is 12.7.